The van der Waals surface area contributed by atoms with Crippen LogP contribution in [0.4, 0.5) is 0 Å². The lowest BCUT2D eigenvalue weighted by atomic mass is 9.97. The molecule has 0 saturated carbocycles. The molecule has 96 valence electrons. The van der Waals surface area contributed by atoms with Crippen molar-refractivity contribution in [2.75, 3.05) is 33.2 Å². The Morgan fingerprint density at radius 3 is 2.88 bits per heavy atom. The average Bonchev–Trinajstić information content (AvgIpc) is 2.73. The molecule has 0 radical (unpaired) electrons. The minimum Gasteiger partial charge on any atom is -0.316 e. The molecule has 17 heavy (non-hydrogen) atoms. The second kappa shape index (κ2) is 6.47. The van der Waals surface area contributed by atoms with Gasteiger partial charge < -0.3 is 10.2 Å². The van der Waals surface area contributed by atoms with Crippen LogP contribution in [-0.4, -0.2) is 43.1 Å². The lowest BCUT2D eigenvalue weighted by Crippen LogP contribution is -2.35. The zero-order valence-electron chi connectivity index (χ0n) is 10.9. The Kier molecular flexibility index (Phi) is 4.95. The Morgan fingerprint density at radius 2 is 2.24 bits per heavy atom. The van der Waals surface area contributed by atoms with E-state index in [1.54, 1.807) is 11.3 Å². The third-order valence-corrected chi connectivity index (χ3v) is 4.64. The highest BCUT2D eigenvalue weighted by Crippen LogP contribution is 2.15. The van der Waals surface area contributed by atoms with Crippen molar-refractivity contribution in [3.05, 3.63) is 16.1 Å². The third kappa shape index (κ3) is 4.05. The number of piperidine rings is 1. The molecule has 1 aromatic heterocycles. The first-order valence-electron chi connectivity index (χ1n) is 6.54. The fourth-order valence-corrected chi connectivity index (χ4v) is 3.12. The maximum atomic E-state index is 4.28. The van der Waals surface area contributed by atoms with Gasteiger partial charge in [-0.3, -0.25) is 0 Å². The van der Waals surface area contributed by atoms with Crippen LogP contribution in [0.2, 0.25) is 0 Å². The van der Waals surface area contributed by atoms with E-state index in [-0.39, 0.29) is 0 Å². The first-order chi connectivity index (χ1) is 8.25. The summed E-state index contributed by atoms with van der Waals surface area (Å²) < 4.78 is 0. The van der Waals surface area contributed by atoms with Gasteiger partial charge in [0.05, 0.1) is 11.2 Å². The predicted molar refractivity (Wildman–Crippen MR) is 73.6 cm³/mol. The van der Waals surface area contributed by atoms with Crippen molar-refractivity contribution in [2.45, 2.75) is 26.2 Å². The van der Waals surface area contributed by atoms with Gasteiger partial charge >= 0.3 is 0 Å². The van der Waals surface area contributed by atoms with Gasteiger partial charge in [0.1, 0.15) is 0 Å². The molecule has 2 rings (SSSR count). The van der Waals surface area contributed by atoms with E-state index in [1.807, 2.05) is 5.51 Å². The van der Waals surface area contributed by atoms with Gasteiger partial charge in [0, 0.05) is 11.4 Å². The second-order valence-corrected chi connectivity index (χ2v) is 6.00. The molecule has 1 saturated heterocycles. The van der Waals surface area contributed by atoms with Crippen molar-refractivity contribution in [1.82, 2.24) is 15.2 Å². The minimum absolute atomic E-state index is 0.883. The van der Waals surface area contributed by atoms with Crippen LogP contribution in [0, 0.1) is 12.8 Å². The van der Waals surface area contributed by atoms with Crippen molar-refractivity contribution in [3.8, 4) is 0 Å². The van der Waals surface area contributed by atoms with E-state index in [2.05, 4.69) is 29.2 Å². The summed E-state index contributed by atoms with van der Waals surface area (Å²) in [7, 11) is 2.22. The van der Waals surface area contributed by atoms with Crippen molar-refractivity contribution in [2.24, 2.45) is 5.92 Å². The van der Waals surface area contributed by atoms with Gasteiger partial charge in [0.25, 0.3) is 0 Å². The molecule has 0 amide bonds. The monoisotopic (exact) mass is 253 g/mol. The number of nitrogens with zero attached hydrogens (tertiary/aromatic N) is 2. The van der Waals surface area contributed by atoms with Gasteiger partial charge in [-0.25, -0.2) is 4.98 Å². The quantitative estimate of drug-likeness (QED) is 0.813. The Bertz CT molecular complexity index is 329. The van der Waals surface area contributed by atoms with E-state index in [9.17, 15) is 0 Å². The summed E-state index contributed by atoms with van der Waals surface area (Å²) in [4.78, 5) is 8.14. The Morgan fingerprint density at radius 1 is 1.47 bits per heavy atom. The van der Waals surface area contributed by atoms with E-state index >= 15 is 0 Å². The molecule has 0 aliphatic carbocycles. The molecular formula is C13H23N3S. The molecule has 1 N–H and O–H groups in total. The molecular weight excluding hydrogens is 230 g/mol. The van der Waals surface area contributed by atoms with Crippen LogP contribution in [0.3, 0.4) is 0 Å². The normalized spacial score (nSPS) is 18.7. The van der Waals surface area contributed by atoms with Gasteiger partial charge in [-0.2, -0.15) is 0 Å². The molecule has 0 bridgehead atoms. The van der Waals surface area contributed by atoms with Gasteiger partial charge in [0.15, 0.2) is 0 Å². The summed E-state index contributed by atoms with van der Waals surface area (Å²) in [5.41, 5.74) is 3.15. The smallest absolute Gasteiger partial charge is 0.0797 e. The maximum absolute atomic E-state index is 4.28. The Labute approximate surface area is 108 Å². The molecule has 1 aromatic rings. The summed E-state index contributed by atoms with van der Waals surface area (Å²) in [6, 6.07) is 0. The highest BCUT2D eigenvalue weighted by atomic mass is 32.1. The van der Waals surface area contributed by atoms with E-state index < -0.39 is 0 Å². The molecule has 0 unspecified atom stereocenters. The van der Waals surface area contributed by atoms with E-state index in [0.717, 1.165) is 18.9 Å². The number of aromatic nitrogens is 1. The van der Waals surface area contributed by atoms with Crippen LogP contribution in [0.15, 0.2) is 5.51 Å². The molecule has 0 aromatic carbocycles. The van der Waals surface area contributed by atoms with E-state index in [4.69, 9.17) is 0 Å². The summed E-state index contributed by atoms with van der Waals surface area (Å²) in [6.07, 6.45) is 3.83. The molecule has 2 heterocycles. The van der Waals surface area contributed by atoms with Crippen molar-refractivity contribution in [3.63, 3.8) is 0 Å². The number of thiazole rings is 1. The molecule has 3 nitrogen and oxygen atoms in total. The van der Waals surface area contributed by atoms with Crippen molar-refractivity contribution in [1.29, 1.82) is 0 Å². The molecule has 4 heteroatoms. The number of rotatable bonds is 5. The summed E-state index contributed by atoms with van der Waals surface area (Å²) >= 11 is 1.78. The summed E-state index contributed by atoms with van der Waals surface area (Å²) in [5.74, 6) is 0.883. The SMILES string of the molecule is Cc1ncsc1CCNCC1CCN(C)CC1. The average molecular weight is 253 g/mol. The van der Waals surface area contributed by atoms with Crippen LogP contribution in [0.5, 0.6) is 0 Å². The molecule has 1 aliphatic rings. The van der Waals surface area contributed by atoms with Gasteiger partial charge in [-0.1, -0.05) is 0 Å². The standard InChI is InChI=1S/C13H23N3S/c1-11-13(17-10-15-11)3-6-14-9-12-4-7-16(2)8-5-12/h10,12,14H,3-9H2,1-2H3. The number of likely N-dealkylation sites (tertiary alicyclic amines) is 1. The van der Waals surface area contributed by atoms with Crippen LogP contribution >= 0.6 is 11.3 Å². The first kappa shape index (κ1) is 13.0. The van der Waals surface area contributed by atoms with Crippen LogP contribution in [-0.2, 0) is 6.42 Å². The Hall–Kier alpha value is -0.450. The zero-order chi connectivity index (χ0) is 12.1. The predicted octanol–water partition coefficient (Wildman–Crippen LogP) is 1.93. The van der Waals surface area contributed by atoms with E-state index in [0.29, 0.717) is 0 Å². The Balaban J connectivity index is 1.59. The van der Waals surface area contributed by atoms with Gasteiger partial charge in [-0.05, 0) is 58.8 Å². The highest BCUT2D eigenvalue weighted by molar-refractivity contribution is 7.09. The number of nitrogens with one attached hydrogen (secondary N) is 1. The number of aryl methyl sites for hydroxylation is 1. The fourth-order valence-electron chi connectivity index (χ4n) is 2.34. The fraction of sp³-hybridized carbons (Fsp3) is 0.769. The number of hydrogen-bond acceptors (Lipinski definition) is 4. The molecule has 0 atom stereocenters. The largest absolute Gasteiger partial charge is 0.316 e. The molecule has 1 fully saturated rings. The van der Waals surface area contributed by atoms with Crippen LogP contribution < -0.4 is 5.32 Å². The highest BCUT2D eigenvalue weighted by Gasteiger charge is 2.15. The van der Waals surface area contributed by atoms with Crippen LogP contribution in [0.1, 0.15) is 23.4 Å². The van der Waals surface area contributed by atoms with Gasteiger partial charge in [0.2, 0.25) is 0 Å². The zero-order valence-corrected chi connectivity index (χ0v) is 11.7. The number of hydrogen-bond donors (Lipinski definition) is 1. The van der Waals surface area contributed by atoms with Gasteiger partial charge in [-0.15, -0.1) is 11.3 Å². The third-order valence-electron chi connectivity index (χ3n) is 3.64. The van der Waals surface area contributed by atoms with Crippen molar-refractivity contribution >= 4 is 11.3 Å². The molecule has 0 spiro atoms. The first-order valence-corrected chi connectivity index (χ1v) is 7.42. The van der Waals surface area contributed by atoms with Crippen LogP contribution in [0.25, 0.3) is 0 Å². The molecule has 1 aliphatic heterocycles. The topological polar surface area (TPSA) is 28.2 Å². The van der Waals surface area contributed by atoms with E-state index in [1.165, 1.54) is 43.0 Å². The summed E-state index contributed by atoms with van der Waals surface area (Å²) in [6.45, 7) is 6.91. The lowest BCUT2D eigenvalue weighted by Gasteiger charge is -2.29. The van der Waals surface area contributed by atoms with Crippen molar-refractivity contribution < 1.29 is 0 Å². The second-order valence-electron chi connectivity index (χ2n) is 5.06. The maximum Gasteiger partial charge on any atom is 0.0797 e. The lowest BCUT2D eigenvalue weighted by molar-refractivity contribution is 0.216. The minimum atomic E-state index is 0.883. The summed E-state index contributed by atoms with van der Waals surface area (Å²) in [5, 5.41) is 3.60.